The van der Waals surface area contributed by atoms with Crippen molar-refractivity contribution in [2.75, 3.05) is 6.54 Å². The minimum Gasteiger partial charge on any atom is -0.508 e. The quantitative estimate of drug-likeness (QED) is 0.704. The molecule has 0 bridgehead atoms. The van der Waals surface area contributed by atoms with Crippen molar-refractivity contribution in [3.63, 3.8) is 0 Å². The van der Waals surface area contributed by atoms with E-state index in [1.165, 1.54) is 0 Å². The van der Waals surface area contributed by atoms with E-state index in [2.05, 4.69) is 5.32 Å². The molecule has 0 saturated carbocycles. The van der Waals surface area contributed by atoms with Crippen LogP contribution in [0.1, 0.15) is 12.5 Å². The molecule has 4 heteroatoms. The van der Waals surface area contributed by atoms with Gasteiger partial charge in [0, 0.05) is 6.54 Å². The zero-order valence-electron chi connectivity index (χ0n) is 9.05. The number of carbonyl (C=O) groups is 1. The number of aliphatic carboxylic acids is 1. The van der Waals surface area contributed by atoms with Gasteiger partial charge in [-0.25, -0.2) is 0 Å². The summed E-state index contributed by atoms with van der Waals surface area (Å²) in [5.41, 5.74) is 0.961. The fourth-order valence-electron chi connectivity index (χ4n) is 1.11. The van der Waals surface area contributed by atoms with Gasteiger partial charge in [-0.15, -0.1) is 0 Å². The Morgan fingerprint density at radius 2 is 2.06 bits per heavy atom. The van der Waals surface area contributed by atoms with Gasteiger partial charge in [0.15, 0.2) is 0 Å². The number of aromatic hydroxyl groups is 1. The van der Waals surface area contributed by atoms with E-state index < -0.39 is 12.0 Å². The molecule has 0 aliphatic heterocycles. The Morgan fingerprint density at radius 3 is 2.62 bits per heavy atom. The second-order valence-electron chi connectivity index (χ2n) is 3.46. The van der Waals surface area contributed by atoms with E-state index >= 15 is 0 Å². The van der Waals surface area contributed by atoms with Crippen molar-refractivity contribution >= 4 is 12.0 Å². The number of phenols is 1. The first kappa shape index (κ1) is 12.3. The Labute approximate surface area is 94.2 Å². The average Bonchev–Trinajstić information content (AvgIpc) is 2.26. The maximum Gasteiger partial charge on any atom is 0.320 e. The SMILES string of the molecule is C[C@H](NC/C=C/c1ccc(O)cc1)C(=O)O. The van der Waals surface area contributed by atoms with Gasteiger partial charge in [-0.1, -0.05) is 24.3 Å². The minimum absolute atomic E-state index is 0.231. The molecule has 1 atom stereocenters. The minimum atomic E-state index is -0.863. The topological polar surface area (TPSA) is 69.6 Å². The highest BCUT2D eigenvalue weighted by molar-refractivity contribution is 5.72. The van der Waals surface area contributed by atoms with Gasteiger partial charge in [0.1, 0.15) is 11.8 Å². The Morgan fingerprint density at radius 1 is 1.44 bits per heavy atom. The third kappa shape index (κ3) is 4.14. The second kappa shape index (κ2) is 5.92. The number of phenolic OH excluding ortho intramolecular Hbond substituents is 1. The highest BCUT2D eigenvalue weighted by Crippen LogP contribution is 2.10. The molecule has 0 amide bonds. The van der Waals surface area contributed by atoms with Crippen LogP contribution in [0.3, 0.4) is 0 Å². The maximum atomic E-state index is 10.5. The summed E-state index contributed by atoms with van der Waals surface area (Å²) in [7, 11) is 0. The lowest BCUT2D eigenvalue weighted by Crippen LogP contribution is -2.33. The van der Waals surface area contributed by atoms with Crippen molar-refractivity contribution in [3.8, 4) is 5.75 Å². The summed E-state index contributed by atoms with van der Waals surface area (Å²) in [5, 5.41) is 20.5. The molecule has 0 unspecified atom stereocenters. The molecule has 0 radical (unpaired) electrons. The molecule has 1 aromatic rings. The average molecular weight is 221 g/mol. The summed E-state index contributed by atoms with van der Waals surface area (Å²) >= 11 is 0. The van der Waals surface area contributed by atoms with Crippen LogP contribution in [0.15, 0.2) is 30.3 Å². The van der Waals surface area contributed by atoms with E-state index in [0.717, 1.165) is 5.56 Å². The van der Waals surface area contributed by atoms with E-state index in [1.54, 1.807) is 31.2 Å². The predicted octanol–water partition coefficient (Wildman–Crippen LogP) is 1.47. The molecule has 1 rings (SSSR count). The van der Waals surface area contributed by atoms with E-state index in [9.17, 15) is 4.79 Å². The normalized spacial score (nSPS) is 12.8. The van der Waals surface area contributed by atoms with Gasteiger partial charge in [-0.05, 0) is 24.6 Å². The molecule has 3 N–H and O–H groups in total. The van der Waals surface area contributed by atoms with Crippen LogP contribution in [0.4, 0.5) is 0 Å². The molecule has 1 aromatic carbocycles. The molecular weight excluding hydrogens is 206 g/mol. The summed E-state index contributed by atoms with van der Waals surface area (Å²) in [5.74, 6) is -0.632. The first-order valence-corrected chi connectivity index (χ1v) is 5.01. The molecule has 0 fully saturated rings. The van der Waals surface area contributed by atoms with Crippen LogP contribution in [0.5, 0.6) is 5.75 Å². The number of nitrogens with one attached hydrogen (secondary N) is 1. The Hall–Kier alpha value is -1.81. The van der Waals surface area contributed by atoms with Crippen LogP contribution in [-0.4, -0.2) is 28.8 Å². The van der Waals surface area contributed by atoms with Crippen LogP contribution in [0, 0.1) is 0 Å². The molecule has 0 heterocycles. The van der Waals surface area contributed by atoms with Gasteiger partial charge >= 0.3 is 5.97 Å². The van der Waals surface area contributed by atoms with E-state index in [1.807, 2.05) is 12.2 Å². The fraction of sp³-hybridized carbons (Fsp3) is 0.250. The van der Waals surface area contributed by atoms with Crippen molar-refractivity contribution in [2.45, 2.75) is 13.0 Å². The smallest absolute Gasteiger partial charge is 0.320 e. The van der Waals surface area contributed by atoms with Crippen molar-refractivity contribution < 1.29 is 15.0 Å². The van der Waals surface area contributed by atoms with Crippen molar-refractivity contribution in [1.82, 2.24) is 5.32 Å². The van der Waals surface area contributed by atoms with Gasteiger partial charge in [-0.2, -0.15) is 0 Å². The van der Waals surface area contributed by atoms with Crippen LogP contribution < -0.4 is 5.32 Å². The number of hydrogen-bond donors (Lipinski definition) is 3. The summed E-state index contributed by atoms with van der Waals surface area (Å²) in [6.07, 6.45) is 3.70. The van der Waals surface area contributed by atoms with E-state index in [0.29, 0.717) is 6.54 Å². The molecule has 16 heavy (non-hydrogen) atoms. The zero-order valence-corrected chi connectivity index (χ0v) is 9.05. The third-order valence-corrected chi connectivity index (χ3v) is 2.12. The molecule has 0 aliphatic rings. The lowest BCUT2D eigenvalue weighted by Gasteiger charge is -2.05. The standard InChI is InChI=1S/C12H15NO3/c1-9(12(15)16)13-8-2-3-10-4-6-11(14)7-5-10/h2-7,9,13-14H,8H2,1H3,(H,15,16)/b3-2+/t9-/m0/s1. The van der Waals surface area contributed by atoms with Crippen LogP contribution in [0.25, 0.3) is 6.08 Å². The summed E-state index contributed by atoms with van der Waals surface area (Å²) in [6.45, 7) is 2.09. The number of hydrogen-bond acceptors (Lipinski definition) is 3. The first-order chi connectivity index (χ1) is 7.59. The van der Waals surface area contributed by atoms with Crippen molar-refractivity contribution in [3.05, 3.63) is 35.9 Å². The summed E-state index contributed by atoms with van der Waals surface area (Å²) < 4.78 is 0. The lowest BCUT2D eigenvalue weighted by atomic mass is 10.2. The predicted molar refractivity (Wildman–Crippen MR) is 62.2 cm³/mol. The highest BCUT2D eigenvalue weighted by Gasteiger charge is 2.06. The number of carboxylic acid groups (broad SMARTS) is 1. The molecule has 0 aliphatic carbocycles. The lowest BCUT2D eigenvalue weighted by molar-refractivity contribution is -0.138. The second-order valence-corrected chi connectivity index (χ2v) is 3.46. The van der Waals surface area contributed by atoms with E-state index in [-0.39, 0.29) is 5.75 Å². The van der Waals surface area contributed by atoms with Gasteiger partial charge in [0.25, 0.3) is 0 Å². The molecular formula is C12H15NO3. The Kier molecular flexibility index (Phi) is 4.54. The number of rotatable bonds is 5. The van der Waals surface area contributed by atoms with Gasteiger partial charge in [0.05, 0.1) is 0 Å². The number of benzene rings is 1. The fourth-order valence-corrected chi connectivity index (χ4v) is 1.11. The molecule has 86 valence electrons. The van der Waals surface area contributed by atoms with Gasteiger partial charge in [0.2, 0.25) is 0 Å². The van der Waals surface area contributed by atoms with Gasteiger partial charge < -0.3 is 15.5 Å². The summed E-state index contributed by atoms with van der Waals surface area (Å²) in [6, 6.07) is 6.23. The number of carboxylic acids is 1. The molecule has 0 saturated heterocycles. The van der Waals surface area contributed by atoms with Gasteiger partial charge in [-0.3, -0.25) is 4.79 Å². The largest absolute Gasteiger partial charge is 0.508 e. The maximum absolute atomic E-state index is 10.5. The summed E-state index contributed by atoms with van der Waals surface area (Å²) in [4.78, 5) is 10.5. The Balaban J connectivity index is 2.37. The molecule has 4 nitrogen and oxygen atoms in total. The first-order valence-electron chi connectivity index (χ1n) is 5.01. The Bertz CT molecular complexity index is 370. The van der Waals surface area contributed by atoms with Crippen LogP contribution in [-0.2, 0) is 4.79 Å². The van der Waals surface area contributed by atoms with Crippen LogP contribution in [0.2, 0.25) is 0 Å². The molecule has 0 aromatic heterocycles. The van der Waals surface area contributed by atoms with Crippen molar-refractivity contribution in [2.24, 2.45) is 0 Å². The highest BCUT2D eigenvalue weighted by atomic mass is 16.4. The third-order valence-electron chi connectivity index (χ3n) is 2.12. The van der Waals surface area contributed by atoms with Crippen molar-refractivity contribution in [1.29, 1.82) is 0 Å². The van der Waals surface area contributed by atoms with Crippen LogP contribution >= 0.6 is 0 Å². The van der Waals surface area contributed by atoms with E-state index in [4.69, 9.17) is 10.2 Å². The monoisotopic (exact) mass is 221 g/mol. The zero-order chi connectivity index (χ0) is 12.0. The molecule has 0 spiro atoms.